The molecule has 1 aliphatic rings. The zero-order valence-corrected chi connectivity index (χ0v) is 14.6. The van der Waals surface area contributed by atoms with E-state index in [1.807, 2.05) is 13.0 Å². The van der Waals surface area contributed by atoms with Gasteiger partial charge in [-0.3, -0.25) is 9.69 Å². The van der Waals surface area contributed by atoms with Crippen LogP contribution < -0.4 is 5.43 Å². The quantitative estimate of drug-likeness (QED) is 0.920. The standard InChI is InChI=1S/C20H28N2O/c1-4-15-9-10-19-17(12-15)20(23)18(14(3)21-19)13-22-11-7-6-8-16(22)5-2/h9-10,12,16H,4-8,11,13H2,1-3H3,(H,21,23). The van der Waals surface area contributed by atoms with Crippen LogP contribution in [0.3, 0.4) is 0 Å². The highest BCUT2D eigenvalue weighted by atomic mass is 16.1. The lowest BCUT2D eigenvalue weighted by Gasteiger charge is -2.35. The Labute approximate surface area is 138 Å². The first kappa shape index (κ1) is 16.3. The van der Waals surface area contributed by atoms with Gasteiger partial charge >= 0.3 is 0 Å². The lowest BCUT2D eigenvalue weighted by atomic mass is 9.98. The Kier molecular flexibility index (Phi) is 4.86. The summed E-state index contributed by atoms with van der Waals surface area (Å²) < 4.78 is 0. The molecule has 1 saturated heterocycles. The van der Waals surface area contributed by atoms with Crippen LogP contribution >= 0.6 is 0 Å². The van der Waals surface area contributed by atoms with Gasteiger partial charge in [0.2, 0.25) is 0 Å². The van der Waals surface area contributed by atoms with Crippen LogP contribution in [0, 0.1) is 6.92 Å². The highest BCUT2D eigenvalue weighted by Crippen LogP contribution is 2.22. The number of nitrogens with zero attached hydrogens (tertiary/aromatic N) is 1. The van der Waals surface area contributed by atoms with E-state index in [-0.39, 0.29) is 5.43 Å². The van der Waals surface area contributed by atoms with Gasteiger partial charge in [-0.25, -0.2) is 0 Å². The first-order valence-corrected chi connectivity index (χ1v) is 9.02. The molecule has 2 aromatic rings. The first-order valence-electron chi connectivity index (χ1n) is 9.02. The van der Waals surface area contributed by atoms with Crippen LogP contribution in [0.1, 0.15) is 56.4 Å². The van der Waals surface area contributed by atoms with Gasteiger partial charge in [-0.15, -0.1) is 0 Å². The molecular weight excluding hydrogens is 284 g/mol. The second-order valence-electron chi connectivity index (χ2n) is 6.82. The molecule has 0 aliphatic carbocycles. The zero-order chi connectivity index (χ0) is 16.4. The third kappa shape index (κ3) is 3.20. The van der Waals surface area contributed by atoms with Crippen LogP contribution in [0.4, 0.5) is 0 Å². The molecule has 3 nitrogen and oxygen atoms in total. The number of benzene rings is 1. The van der Waals surface area contributed by atoms with E-state index in [4.69, 9.17) is 0 Å². The van der Waals surface area contributed by atoms with E-state index in [1.54, 1.807) is 0 Å². The number of hydrogen-bond donors (Lipinski definition) is 1. The topological polar surface area (TPSA) is 36.1 Å². The zero-order valence-electron chi connectivity index (χ0n) is 14.6. The normalized spacial score (nSPS) is 19.3. The van der Waals surface area contributed by atoms with Crippen LogP contribution in [-0.4, -0.2) is 22.5 Å². The molecular formula is C20H28N2O. The molecule has 3 heteroatoms. The van der Waals surface area contributed by atoms with E-state index < -0.39 is 0 Å². The number of rotatable bonds is 4. The predicted molar refractivity (Wildman–Crippen MR) is 97.0 cm³/mol. The fraction of sp³-hybridized carbons (Fsp3) is 0.550. The maximum Gasteiger partial charge on any atom is 0.194 e. The Hall–Kier alpha value is -1.61. The minimum Gasteiger partial charge on any atom is -0.358 e. The van der Waals surface area contributed by atoms with Crippen molar-refractivity contribution in [1.29, 1.82) is 0 Å². The van der Waals surface area contributed by atoms with E-state index in [0.29, 0.717) is 6.04 Å². The minimum absolute atomic E-state index is 0.215. The number of pyridine rings is 1. The summed E-state index contributed by atoms with van der Waals surface area (Å²) in [6.07, 6.45) is 5.97. The van der Waals surface area contributed by atoms with Gasteiger partial charge in [-0.05, 0) is 56.8 Å². The molecule has 1 aromatic heterocycles. The Morgan fingerprint density at radius 1 is 1.26 bits per heavy atom. The fourth-order valence-corrected chi connectivity index (χ4v) is 3.84. The number of aromatic amines is 1. The minimum atomic E-state index is 0.215. The predicted octanol–water partition coefficient (Wildman–Crippen LogP) is 4.16. The lowest BCUT2D eigenvalue weighted by molar-refractivity contribution is 0.135. The second kappa shape index (κ2) is 6.88. The molecule has 1 aromatic carbocycles. The van der Waals surface area contributed by atoms with Crippen molar-refractivity contribution in [3.63, 3.8) is 0 Å². The summed E-state index contributed by atoms with van der Waals surface area (Å²) in [6, 6.07) is 6.84. The van der Waals surface area contributed by atoms with Crippen molar-refractivity contribution in [2.24, 2.45) is 0 Å². The molecule has 0 radical (unpaired) electrons. The van der Waals surface area contributed by atoms with Gasteiger partial charge in [0.1, 0.15) is 0 Å². The average Bonchev–Trinajstić information content (AvgIpc) is 2.58. The summed E-state index contributed by atoms with van der Waals surface area (Å²) in [7, 11) is 0. The second-order valence-corrected chi connectivity index (χ2v) is 6.82. The molecule has 1 aliphatic heterocycles. The van der Waals surface area contributed by atoms with E-state index >= 15 is 0 Å². The molecule has 23 heavy (non-hydrogen) atoms. The van der Waals surface area contributed by atoms with Gasteiger partial charge < -0.3 is 4.98 Å². The summed E-state index contributed by atoms with van der Waals surface area (Å²) >= 11 is 0. The van der Waals surface area contributed by atoms with Crippen LogP contribution in [0.5, 0.6) is 0 Å². The van der Waals surface area contributed by atoms with Gasteiger partial charge in [0.05, 0.1) is 0 Å². The van der Waals surface area contributed by atoms with E-state index in [2.05, 4.69) is 35.9 Å². The summed E-state index contributed by atoms with van der Waals surface area (Å²) in [6.45, 7) is 8.32. The number of H-pyrrole nitrogens is 1. The van der Waals surface area contributed by atoms with Gasteiger partial charge in [0.25, 0.3) is 0 Å². The fourth-order valence-electron chi connectivity index (χ4n) is 3.84. The maximum absolute atomic E-state index is 13.0. The molecule has 0 spiro atoms. The average molecular weight is 312 g/mol. The van der Waals surface area contributed by atoms with Gasteiger partial charge in [0.15, 0.2) is 5.43 Å². The largest absolute Gasteiger partial charge is 0.358 e. The molecule has 3 rings (SSSR count). The van der Waals surface area contributed by atoms with Crippen molar-refractivity contribution in [3.8, 4) is 0 Å². The number of hydrogen-bond acceptors (Lipinski definition) is 2. The van der Waals surface area contributed by atoms with Crippen LogP contribution in [0.15, 0.2) is 23.0 Å². The highest BCUT2D eigenvalue weighted by molar-refractivity contribution is 5.80. The van der Waals surface area contributed by atoms with Crippen LogP contribution in [0.2, 0.25) is 0 Å². The van der Waals surface area contributed by atoms with Crippen LogP contribution in [-0.2, 0) is 13.0 Å². The summed E-state index contributed by atoms with van der Waals surface area (Å²) in [5, 5.41) is 0.843. The number of fused-ring (bicyclic) bond motifs is 1. The Morgan fingerprint density at radius 2 is 2.09 bits per heavy atom. The molecule has 124 valence electrons. The summed E-state index contributed by atoms with van der Waals surface area (Å²) in [5.41, 5.74) is 4.37. The summed E-state index contributed by atoms with van der Waals surface area (Å²) in [5.74, 6) is 0. The van der Waals surface area contributed by atoms with Crippen molar-refractivity contribution in [3.05, 3.63) is 45.2 Å². The molecule has 2 heterocycles. The van der Waals surface area contributed by atoms with E-state index in [0.717, 1.165) is 41.7 Å². The number of likely N-dealkylation sites (tertiary alicyclic amines) is 1. The number of piperidine rings is 1. The smallest absolute Gasteiger partial charge is 0.194 e. The molecule has 1 unspecified atom stereocenters. The van der Waals surface area contributed by atoms with Crippen molar-refractivity contribution < 1.29 is 0 Å². The third-order valence-electron chi connectivity index (χ3n) is 5.37. The van der Waals surface area contributed by atoms with Crippen molar-refractivity contribution >= 4 is 10.9 Å². The van der Waals surface area contributed by atoms with Crippen molar-refractivity contribution in [2.45, 2.75) is 65.5 Å². The van der Waals surface area contributed by atoms with E-state index in [1.165, 1.54) is 31.2 Å². The molecule has 0 amide bonds. The monoisotopic (exact) mass is 312 g/mol. The molecule has 1 N–H and O–H groups in total. The van der Waals surface area contributed by atoms with Gasteiger partial charge in [-0.1, -0.05) is 26.3 Å². The summed E-state index contributed by atoms with van der Waals surface area (Å²) in [4.78, 5) is 19.0. The van der Waals surface area contributed by atoms with E-state index in [9.17, 15) is 4.79 Å². The number of nitrogens with one attached hydrogen (secondary N) is 1. The Bertz CT molecular complexity index is 747. The molecule has 1 fully saturated rings. The third-order valence-corrected chi connectivity index (χ3v) is 5.37. The molecule has 0 bridgehead atoms. The highest BCUT2D eigenvalue weighted by Gasteiger charge is 2.22. The number of aromatic nitrogens is 1. The maximum atomic E-state index is 13.0. The number of aryl methyl sites for hydroxylation is 2. The molecule has 1 atom stereocenters. The Balaban J connectivity index is 2.01. The van der Waals surface area contributed by atoms with Crippen LogP contribution in [0.25, 0.3) is 10.9 Å². The first-order chi connectivity index (χ1) is 11.1. The van der Waals surface area contributed by atoms with Gasteiger partial charge in [-0.2, -0.15) is 0 Å². The lowest BCUT2D eigenvalue weighted by Crippen LogP contribution is -2.39. The Morgan fingerprint density at radius 3 is 2.83 bits per heavy atom. The van der Waals surface area contributed by atoms with Crippen molar-refractivity contribution in [2.75, 3.05) is 6.54 Å². The molecule has 0 saturated carbocycles. The SMILES string of the molecule is CCc1ccc2[nH]c(C)c(CN3CCCCC3CC)c(=O)c2c1. The van der Waals surface area contributed by atoms with Gasteiger partial charge in [0, 0.05) is 34.7 Å². The van der Waals surface area contributed by atoms with Crippen molar-refractivity contribution in [1.82, 2.24) is 9.88 Å².